The molecule has 3 aromatic carbocycles. The number of aromatic amines is 1. The summed E-state index contributed by atoms with van der Waals surface area (Å²) in [6.45, 7) is -0.0989. The van der Waals surface area contributed by atoms with Gasteiger partial charge in [-0.15, -0.1) is 0 Å². The van der Waals surface area contributed by atoms with Gasteiger partial charge in [0.15, 0.2) is 0 Å². The van der Waals surface area contributed by atoms with Gasteiger partial charge in [0, 0.05) is 64.6 Å². The van der Waals surface area contributed by atoms with E-state index < -0.39 is 21.8 Å². The zero-order valence-corrected chi connectivity index (χ0v) is 25.7. The Kier molecular flexibility index (Phi) is 7.74. The SMILES string of the molecule is COc1ccc(CN(c2ncns2)S(=O)(=O)c2ccc3c(-c4ccc(C(F)(F)F)cc4-c4ccnn4C)c[nH]c3c2)c(OC)c1. The molecule has 6 rings (SSSR count). The second kappa shape index (κ2) is 11.6. The van der Waals surface area contributed by atoms with E-state index in [-0.39, 0.29) is 16.6 Å². The third-order valence-electron chi connectivity index (χ3n) is 7.35. The first-order chi connectivity index (χ1) is 21.5. The lowest BCUT2D eigenvalue weighted by molar-refractivity contribution is -0.137. The van der Waals surface area contributed by atoms with Crippen LogP contribution in [-0.4, -0.2) is 46.8 Å². The average Bonchev–Trinajstić information content (AvgIpc) is 3.80. The minimum absolute atomic E-state index is 0.0228. The van der Waals surface area contributed by atoms with Crippen LogP contribution >= 0.6 is 11.5 Å². The number of rotatable bonds is 9. The maximum absolute atomic E-state index is 14.1. The second-order valence-electron chi connectivity index (χ2n) is 9.92. The van der Waals surface area contributed by atoms with Crippen LogP contribution in [0, 0.1) is 0 Å². The van der Waals surface area contributed by atoms with Crippen molar-refractivity contribution in [3.05, 3.63) is 90.5 Å². The normalized spacial score (nSPS) is 12.0. The Morgan fingerprint density at radius 2 is 1.80 bits per heavy atom. The molecule has 45 heavy (non-hydrogen) atoms. The maximum atomic E-state index is 14.1. The molecule has 0 aliphatic carbocycles. The number of hydrogen-bond acceptors (Lipinski definition) is 8. The lowest BCUT2D eigenvalue weighted by atomic mass is 9.95. The number of nitrogens with one attached hydrogen (secondary N) is 1. The molecule has 15 heteroatoms. The van der Waals surface area contributed by atoms with E-state index in [1.807, 2.05) is 0 Å². The second-order valence-corrected chi connectivity index (χ2v) is 12.5. The first kappa shape index (κ1) is 30.1. The lowest BCUT2D eigenvalue weighted by Crippen LogP contribution is -2.30. The van der Waals surface area contributed by atoms with Crippen molar-refractivity contribution in [2.24, 2.45) is 7.05 Å². The molecule has 0 aliphatic rings. The topological polar surface area (TPSA) is 115 Å². The number of sulfonamides is 1. The van der Waals surface area contributed by atoms with Crippen LogP contribution in [0.25, 0.3) is 33.3 Å². The number of ether oxygens (including phenoxy) is 2. The highest BCUT2D eigenvalue weighted by atomic mass is 32.2. The van der Waals surface area contributed by atoms with Crippen LogP contribution in [0.15, 0.2) is 84.3 Å². The molecule has 6 aromatic rings. The van der Waals surface area contributed by atoms with Crippen LogP contribution in [0.3, 0.4) is 0 Å². The van der Waals surface area contributed by atoms with Crippen LogP contribution in [0.1, 0.15) is 11.1 Å². The number of anilines is 1. The van der Waals surface area contributed by atoms with Gasteiger partial charge >= 0.3 is 6.18 Å². The molecule has 0 atom stereocenters. The van der Waals surface area contributed by atoms with Gasteiger partial charge in [-0.25, -0.2) is 17.7 Å². The van der Waals surface area contributed by atoms with E-state index >= 15 is 0 Å². The largest absolute Gasteiger partial charge is 0.497 e. The van der Waals surface area contributed by atoms with Crippen molar-refractivity contribution in [2.45, 2.75) is 17.6 Å². The summed E-state index contributed by atoms with van der Waals surface area (Å²) in [6, 6.07) is 14.8. The highest BCUT2D eigenvalue weighted by molar-refractivity contribution is 7.93. The number of aryl methyl sites for hydroxylation is 1. The van der Waals surface area contributed by atoms with E-state index in [4.69, 9.17) is 9.47 Å². The number of aromatic nitrogens is 5. The molecule has 0 unspecified atom stereocenters. The molecule has 1 N–H and O–H groups in total. The summed E-state index contributed by atoms with van der Waals surface area (Å²) in [5.74, 6) is 0.984. The number of halogens is 3. The molecule has 0 fully saturated rings. The van der Waals surface area contributed by atoms with Crippen LogP contribution < -0.4 is 13.8 Å². The number of fused-ring (bicyclic) bond motifs is 1. The predicted molar refractivity (Wildman–Crippen MR) is 164 cm³/mol. The van der Waals surface area contributed by atoms with Gasteiger partial charge in [-0.05, 0) is 48.0 Å². The monoisotopic (exact) mass is 654 g/mol. The summed E-state index contributed by atoms with van der Waals surface area (Å²) in [4.78, 5) is 7.23. The molecule has 3 heterocycles. The highest BCUT2D eigenvalue weighted by Gasteiger charge is 2.32. The molecule has 10 nitrogen and oxygen atoms in total. The number of methoxy groups -OCH3 is 2. The fourth-order valence-electron chi connectivity index (χ4n) is 5.09. The van der Waals surface area contributed by atoms with Gasteiger partial charge < -0.3 is 14.5 Å². The van der Waals surface area contributed by atoms with Crippen molar-refractivity contribution >= 4 is 37.6 Å². The molecule has 0 radical (unpaired) electrons. The Morgan fingerprint density at radius 3 is 2.47 bits per heavy atom. The average molecular weight is 655 g/mol. The molecule has 3 aromatic heterocycles. The standard InChI is InChI=1S/C30H25F3N6O4S2/c1-38-27(10-11-36-38)24-12-19(30(31,32)33)5-8-22(24)25-15-34-26-14-21(7-9-23(25)26)45(40,41)39(29-35-17-37-44-29)16-18-4-6-20(42-2)13-28(18)43-3/h4-15,17,34H,16H2,1-3H3. The van der Waals surface area contributed by atoms with E-state index in [2.05, 4.69) is 19.4 Å². The van der Waals surface area contributed by atoms with E-state index in [1.165, 1.54) is 49.6 Å². The van der Waals surface area contributed by atoms with E-state index in [9.17, 15) is 21.6 Å². The fraction of sp³-hybridized carbons (Fsp3) is 0.167. The number of hydrogen-bond donors (Lipinski definition) is 1. The van der Waals surface area contributed by atoms with E-state index in [0.29, 0.717) is 50.3 Å². The van der Waals surface area contributed by atoms with Crippen LogP contribution in [0.2, 0.25) is 0 Å². The Hall–Kier alpha value is -4.89. The molecule has 0 aliphatic heterocycles. The van der Waals surface area contributed by atoms with E-state index in [0.717, 1.165) is 28.0 Å². The smallest absolute Gasteiger partial charge is 0.416 e. The molecule has 0 saturated heterocycles. The summed E-state index contributed by atoms with van der Waals surface area (Å²) in [5, 5.41) is 4.91. The zero-order chi connectivity index (χ0) is 31.9. The summed E-state index contributed by atoms with van der Waals surface area (Å²) in [6.07, 6.45) is -0.104. The van der Waals surface area contributed by atoms with E-state index in [1.54, 1.807) is 43.6 Å². The number of alkyl halides is 3. The summed E-state index contributed by atoms with van der Waals surface area (Å²) in [5.41, 5.74) is 2.20. The van der Waals surface area contributed by atoms with Gasteiger partial charge in [-0.2, -0.15) is 22.6 Å². The molecular weight excluding hydrogens is 629 g/mol. The van der Waals surface area contributed by atoms with Crippen molar-refractivity contribution in [1.82, 2.24) is 24.1 Å². The Morgan fingerprint density at radius 1 is 0.978 bits per heavy atom. The van der Waals surface area contributed by atoms with Gasteiger partial charge in [-0.1, -0.05) is 12.1 Å². The molecular formula is C30H25F3N6O4S2. The van der Waals surface area contributed by atoms with Crippen LogP contribution in [0.4, 0.5) is 18.3 Å². The van der Waals surface area contributed by atoms with Crippen molar-refractivity contribution in [1.29, 1.82) is 0 Å². The van der Waals surface area contributed by atoms with Gasteiger partial charge in [0.25, 0.3) is 10.0 Å². The number of nitrogens with zero attached hydrogens (tertiary/aromatic N) is 5. The molecule has 0 saturated carbocycles. The lowest BCUT2D eigenvalue weighted by Gasteiger charge is -2.22. The van der Waals surface area contributed by atoms with Crippen molar-refractivity contribution in [3.8, 4) is 33.9 Å². The maximum Gasteiger partial charge on any atom is 0.416 e. The van der Waals surface area contributed by atoms with Crippen LogP contribution in [-0.2, 0) is 29.8 Å². The molecule has 0 spiro atoms. The van der Waals surface area contributed by atoms with Gasteiger partial charge in [0.2, 0.25) is 5.13 Å². The van der Waals surface area contributed by atoms with Gasteiger partial charge in [0.1, 0.15) is 17.8 Å². The Labute approximate surface area is 259 Å². The van der Waals surface area contributed by atoms with Crippen LogP contribution in [0.5, 0.6) is 11.5 Å². The Balaban J connectivity index is 1.43. The summed E-state index contributed by atoms with van der Waals surface area (Å²) in [7, 11) is 0.468. The quantitative estimate of drug-likeness (QED) is 0.189. The van der Waals surface area contributed by atoms with Crippen molar-refractivity contribution in [3.63, 3.8) is 0 Å². The minimum atomic E-state index is -4.54. The summed E-state index contributed by atoms with van der Waals surface area (Å²) >= 11 is 0.927. The third kappa shape index (κ3) is 5.60. The zero-order valence-electron chi connectivity index (χ0n) is 24.0. The third-order valence-corrected chi connectivity index (χ3v) is 9.88. The first-order valence-electron chi connectivity index (χ1n) is 13.3. The van der Waals surface area contributed by atoms with Gasteiger partial charge in [-0.3, -0.25) is 4.68 Å². The van der Waals surface area contributed by atoms with Crippen molar-refractivity contribution < 1.29 is 31.1 Å². The van der Waals surface area contributed by atoms with Gasteiger partial charge in [0.05, 0.1) is 36.9 Å². The number of benzene rings is 3. The molecule has 232 valence electrons. The number of H-pyrrole nitrogens is 1. The fourth-order valence-corrected chi connectivity index (χ4v) is 7.25. The molecule has 0 amide bonds. The predicted octanol–water partition coefficient (Wildman–Crippen LogP) is 6.52. The molecule has 0 bridgehead atoms. The minimum Gasteiger partial charge on any atom is -0.497 e. The highest BCUT2D eigenvalue weighted by Crippen LogP contribution is 2.41. The first-order valence-corrected chi connectivity index (χ1v) is 15.5. The Bertz CT molecular complexity index is 2110. The summed E-state index contributed by atoms with van der Waals surface area (Å²) < 4.78 is 86.6. The van der Waals surface area contributed by atoms with Crippen molar-refractivity contribution in [2.75, 3.05) is 18.5 Å².